The topological polar surface area (TPSA) is 67.3 Å². The Balaban J connectivity index is 2.10. The van der Waals surface area contributed by atoms with E-state index in [1.165, 1.54) is 6.26 Å². The molecule has 1 aromatic rings. The van der Waals surface area contributed by atoms with Crippen LogP contribution in [0.5, 0.6) is 0 Å². The second kappa shape index (κ2) is 5.36. The molecule has 1 heterocycles. The highest BCUT2D eigenvalue weighted by atomic mass is 32.2. The Morgan fingerprint density at radius 2 is 2.00 bits per heavy atom. The van der Waals surface area contributed by atoms with Crippen LogP contribution >= 0.6 is 0 Å². The Bertz CT molecular complexity index is 486. The van der Waals surface area contributed by atoms with Crippen molar-refractivity contribution in [2.75, 3.05) is 6.26 Å². The zero-order chi connectivity index (χ0) is 13.2. The highest BCUT2D eigenvalue weighted by Crippen LogP contribution is 2.36. The predicted octanol–water partition coefficient (Wildman–Crippen LogP) is 1.72. The summed E-state index contributed by atoms with van der Waals surface area (Å²) in [7, 11) is -3.00. The van der Waals surface area contributed by atoms with Crippen LogP contribution in [-0.2, 0) is 9.84 Å². The standard InChI is InChI=1S/C13H19NO3S/c1-18(16,17)12-4-2-3-11(9-12)13(15)10-5-7-14-8-6-10/h5-8,11-13,15H,2-4,9H2,1H3. The summed E-state index contributed by atoms with van der Waals surface area (Å²) >= 11 is 0. The van der Waals surface area contributed by atoms with Crippen molar-refractivity contribution < 1.29 is 13.5 Å². The first-order valence-electron chi connectivity index (χ1n) is 6.25. The first-order chi connectivity index (χ1) is 8.48. The van der Waals surface area contributed by atoms with Crippen LogP contribution in [0.15, 0.2) is 24.5 Å². The number of hydrogen-bond acceptors (Lipinski definition) is 4. The van der Waals surface area contributed by atoms with E-state index in [1.54, 1.807) is 24.5 Å². The molecular weight excluding hydrogens is 250 g/mol. The van der Waals surface area contributed by atoms with Crippen LogP contribution in [0.4, 0.5) is 0 Å². The fourth-order valence-electron chi connectivity index (χ4n) is 2.69. The van der Waals surface area contributed by atoms with Crippen molar-refractivity contribution in [2.45, 2.75) is 37.0 Å². The Labute approximate surface area is 108 Å². The smallest absolute Gasteiger partial charge is 0.150 e. The average Bonchev–Trinajstić information content (AvgIpc) is 2.38. The van der Waals surface area contributed by atoms with Gasteiger partial charge < -0.3 is 5.11 Å². The second-order valence-electron chi connectivity index (χ2n) is 5.10. The summed E-state index contributed by atoms with van der Waals surface area (Å²) in [6.07, 6.45) is 7.03. The minimum Gasteiger partial charge on any atom is -0.388 e. The molecule has 0 radical (unpaired) electrons. The molecule has 3 atom stereocenters. The van der Waals surface area contributed by atoms with E-state index in [2.05, 4.69) is 4.98 Å². The van der Waals surface area contributed by atoms with E-state index in [0.29, 0.717) is 6.42 Å². The maximum absolute atomic E-state index is 11.6. The Kier molecular flexibility index (Phi) is 4.02. The van der Waals surface area contributed by atoms with Crippen LogP contribution in [0.1, 0.15) is 37.4 Å². The quantitative estimate of drug-likeness (QED) is 0.907. The van der Waals surface area contributed by atoms with E-state index < -0.39 is 15.9 Å². The molecule has 0 amide bonds. The van der Waals surface area contributed by atoms with E-state index in [4.69, 9.17) is 0 Å². The van der Waals surface area contributed by atoms with Crippen LogP contribution in [0.25, 0.3) is 0 Å². The first kappa shape index (κ1) is 13.5. The molecule has 1 saturated carbocycles. The summed E-state index contributed by atoms with van der Waals surface area (Å²) in [5, 5.41) is 10.0. The lowest BCUT2D eigenvalue weighted by Crippen LogP contribution is -2.30. The molecule has 0 spiro atoms. The molecule has 100 valence electrons. The molecule has 0 bridgehead atoms. The minimum absolute atomic E-state index is 0.0286. The van der Waals surface area contributed by atoms with Crippen LogP contribution in [-0.4, -0.2) is 30.0 Å². The predicted molar refractivity (Wildman–Crippen MR) is 69.8 cm³/mol. The molecule has 1 aliphatic carbocycles. The van der Waals surface area contributed by atoms with Crippen molar-refractivity contribution >= 4 is 9.84 Å². The van der Waals surface area contributed by atoms with Crippen LogP contribution in [0.2, 0.25) is 0 Å². The number of rotatable bonds is 3. The number of pyridine rings is 1. The summed E-state index contributed by atoms with van der Waals surface area (Å²) in [6, 6.07) is 3.57. The first-order valence-corrected chi connectivity index (χ1v) is 8.21. The van der Waals surface area contributed by atoms with Gasteiger partial charge in [-0.25, -0.2) is 8.42 Å². The van der Waals surface area contributed by atoms with Gasteiger partial charge in [0.25, 0.3) is 0 Å². The van der Waals surface area contributed by atoms with Crippen LogP contribution in [0.3, 0.4) is 0 Å². The van der Waals surface area contributed by atoms with Crippen molar-refractivity contribution in [3.63, 3.8) is 0 Å². The number of aromatic nitrogens is 1. The molecule has 0 saturated heterocycles. The zero-order valence-corrected chi connectivity index (χ0v) is 11.3. The lowest BCUT2D eigenvalue weighted by molar-refractivity contribution is 0.0856. The van der Waals surface area contributed by atoms with Crippen molar-refractivity contribution in [1.82, 2.24) is 4.98 Å². The van der Waals surface area contributed by atoms with Crippen molar-refractivity contribution in [2.24, 2.45) is 5.92 Å². The van der Waals surface area contributed by atoms with Gasteiger partial charge in [-0.1, -0.05) is 6.42 Å². The Morgan fingerprint density at radius 1 is 1.33 bits per heavy atom. The highest BCUT2D eigenvalue weighted by molar-refractivity contribution is 7.91. The van der Waals surface area contributed by atoms with Gasteiger partial charge in [-0.2, -0.15) is 0 Å². The van der Waals surface area contributed by atoms with Gasteiger partial charge in [0.2, 0.25) is 0 Å². The van der Waals surface area contributed by atoms with Crippen molar-refractivity contribution in [1.29, 1.82) is 0 Å². The van der Waals surface area contributed by atoms with Gasteiger partial charge in [-0.15, -0.1) is 0 Å². The Hall–Kier alpha value is -0.940. The van der Waals surface area contributed by atoms with E-state index in [0.717, 1.165) is 24.8 Å². The number of hydrogen-bond donors (Lipinski definition) is 1. The van der Waals surface area contributed by atoms with Gasteiger partial charge in [-0.3, -0.25) is 4.98 Å². The molecule has 3 unspecified atom stereocenters. The summed E-state index contributed by atoms with van der Waals surface area (Å²) < 4.78 is 23.2. The largest absolute Gasteiger partial charge is 0.388 e. The second-order valence-corrected chi connectivity index (χ2v) is 7.43. The van der Waals surface area contributed by atoms with Crippen molar-refractivity contribution in [3.05, 3.63) is 30.1 Å². The maximum Gasteiger partial charge on any atom is 0.150 e. The molecule has 1 aromatic heterocycles. The maximum atomic E-state index is 11.6. The lowest BCUT2D eigenvalue weighted by atomic mass is 9.82. The SMILES string of the molecule is CS(=O)(=O)C1CCCC(C(O)c2ccncc2)C1. The van der Waals surface area contributed by atoms with Gasteiger partial charge in [0.15, 0.2) is 0 Å². The normalized spacial score (nSPS) is 26.8. The molecular formula is C13H19NO3S. The summed E-state index contributed by atoms with van der Waals surface area (Å²) in [6.45, 7) is 0. The van der Waals surface area contributed by atoms with Gasteiger partial charge in [0, 0.05) is 18.6 Å². The molecule has 4 nitrogen and oxygen atoms in total. The van der Waals surface area contributed by atoms with Gasteiger partial charge >= 0.3 is 0 Å². The minimum atomic E-state index is -3.00. The fraction of sp³-hybridized carbons (Fsp3) is 0.615. The lowest BCUT2D eigenvalue weighted by Gasteiger charge is -2.31. The van der Waals surface area contributed by atoms with E-state index in [1.807, 2.05) is 0 Å². The molecule has 1 fully saturated rings. The highest BCUT2D eigenvalue weighted by Gasteiger charge is 2.32. The third kappa shape index (κ3) is 3.09. The summed E-state index contributed by atoms with van der Waals surface area (Å²) in [5.41, 5.74) is 0.823. The van der Waals surface area contributed by atoms with Crippen molar-refractivity contribution in [3.8, 4) is 0 Å². The zero-order valence-electron chi connectivity index (χ0n) is 10.5. The summed E-state index contributed by atoms with van der Waals surface area (Å²) in [4.78, 5) is 3.92. The average molecular weight is 269 g/mol. The number of nitrogens with zero attached hydrogens (tertiary/aromatic N) is 1. The van der Waals surface area contributed by atoms with Gasteiger partial charge in [-0.05, 0) is 42.9 Å². The molecule has 1 N–H and O–H groups in total. The number of aliphatic hydroxyl groups is 1. The molecule has 0 aromatic carbocycles. The molecule has 18 heavy (non-hydrogen) atoms. The van der Waals surface area contributed by atoms with Gasteiger partial charge in [0.1, 0.15) is 9.84 Å². The molecule has 5 heteroatoms. The van der Waals surface area contributed by atoms with Crippen LogP contribution in [0, 0.1) is 5.92 Å². The van der Waals surface area contributed by atoms with E-state index >= 15 is 0 Å². The third-order valence-electron chi connectivity index (χ3n) is 3.77. The van der Waals surface area contributed by atoms with Gasteiger partial charge in [0.05, 0.1) is 11.4 Å². The summed E-state index contributed by atoms with van der Waals surface area (Å²) in [5.74, 6) is 0.0286. The number of sulfone groups is 1. The molecule has 0 aliphatic heterocycles. The molecule has 1 aliphatic rings. The molecule has 2 rings (SSSR count). The Morgan fingerprint density at radius 3 is 2.61 bits per heavy atom. The monoisotopic (exact) mass is 269 g/mol. The van der Waals surface area contributed by atoms with Crippen LogP contribution < -0.4 is 0 Å². The number of aliphatic hydroxyl groups excluding tert-OH is 1. The van der Waals surface area contributed by atoms with E-state index in [-0.39, 0.29) is 11.2 Å². The van der Waals surface area contributed by atoms with E-state index in [9.17, 15) is 13.5 Å². The fourth-order valence-corrected chi connectivity index (χ4v) is 3.88. The third-order valence-corrected chi connectivity index (χ3v) is 5.41.